The van der Waals surface area contributed by atoms with Crippen molar-refractivity contribution in [2.24, 2.45) is 0 Å². The van der Waals surface area contributed by atoms with E-state index in [2.05, 4.69) is 5.32 Å². The van der Waals surface area contributed by atoms with E-state index in [1.807, 2.05) is 37.3 Å². The summed E-state index contributed by atoms with van der Waals surface area (Å²) < 4.78 is 5.06. The van der Waals surface area contributed by atoms with Crippen molar-refractivity contribution in [2.75, 3.05) is 19.7 Å². The van der Waals surface area contributed by atoms with Crippen LogP contribution < -0.4 is 5.32 Å². The van der Waals surface area contributed by atoms with E-state index in [1.165, 1.54) is 28.7 Å². The topological polar surface area (TPSA) is 92.8 Å². The summed E-state index contributed by atoms with van der Waals surface area (Å²) in [5, 5.41) is 2.72. The van der Waals surface area contributed by atoms with E-state index in [9.17, 15) is 19.2 Å². The minimum absolute atomic E-state index is 0.133. The second-order valence-electron chi connectivity index (χ2n) is 7.39. The van der Waals surface area contributed by atoms with Crippen molar-refractivity contribution in [3.8, 4) is 0 Å². The Morgan fingerprint density at radius 2 is 1.71 bits per heavy atom. The number of unbranched alkanes of at least 4 members (excludes halogenated alkanes) is 1. The Kier molecular flexibility index (Phi) is 7.54. The Bertz CT molecular complexity index is 971. The van der Waals surface area contributed by atoms with Gasteiger partial charge >= 0.3 is 5.97 Å². The van der Waals surface area contributed by atoms with Crippen LogP contribution >= 0.6 is 0 Å². The molecule has 0 aromatic heterocycles. The Morgan fingerprint density at radius 3 is 2.45 bits per heavy atom. The van der Waals surface area contributed by atoms with Gasteiger partial charge in [-0.15, -0.1) is 0 Å². The van der Waals surface area contributed by atoms with Crippen LogP contribution in [0.3, 0.4) is 0 Å². The van der Waals surface area contributed by atoms with Gasteiger partial charge in [-0.25, -0.2) is 4.79 Å². The van der Waals surface area contributed by atoms with Crippen molar-refractivity contribution in [1.29, 1.82) is 0 Å². The molecular weight excluding hydrogens is 396 g/mol. The van der Waals surface area contributed by atoms with Gasteiger partial charge in [0.05, 0.1) is 16.7 Å². The molecule has 0 spiro atoms. The van der Waals surface area contributed by atoms with Crippen LogP contribution in [-0.2, 0) is 16.0 Å². The number of hydrogen-bond donors (Lipinski definition) is 1. The molecule has 2 aromatic rings. The fraction of sp³-hybridized carbons (Fsp3) is 0.333. The summed E-state index contributed by atoms with van der Waals surface area (Å²) in [6.45, 7) is 2.41. The van der Waals surface area contributed by atoms with Gasteiger partial charge in [-0.1, -0.05) is 43.7 Å². The van der Waals surface area contributed by atoms with E-state index in [0.717, 1.165) is 25.7 Å². The average Bonchev–Trinajstić information content (AvgIpc) is 3.03. The summed E-state index contributed by atoms with van der Waals surface area (Å²) in [5.74, 6) is -1.85. The molecule has 7 heteroatoms. The Hall–Kier alpha value is -3.48. The summed E-state index contributed by atoms with van der Waals surface area (Å²) in [7, 11) is 0. The molecule has 0 bridgehead atoms. The number of carbonyl (C=O) groups is 4. The molecule has 0 aliphatic carbocycles. The molecule has 1 heterocycles. The second kappa shape index (κ2) is 10.5. The van der Waals surface area contributed by atoms with E-state index in [1.54, 1.807) is 0 Å². The first-order chi connectivity index (χ1) is 15.0. The van der Waals surface area contributed by atoms with Crippen molar-refractivity contribution in [3.63, 3.8) is 0 Å². The fourth-order valence-electron chi connectivity index (χ4n) is 3.37. The number of rotatable bonds is 10. The number of esters is 1. The number of amides is 3. The van der Waals surface area contributed by atoms with Gasteiger partial charge < -0.3 is 10.1 Å². The molecule has 0 saturated carbocycles. The fourth-order valence-corrected chi connectivity index (χ4v) is 3.37. The number of fused-ring (bicyclic) bond motifs is 1. The summed E-state index contributed by atoms with van der Waals surface area (Å²) in [6, 6.07) is 14.2. The van der Waals surface area contributed by atoms with Gasteiger partial charge in [0.25, 0.3) is 17.7 Å². The molecular formula is C24H26N2O5. The maximum atomic E-state index is 12.5. The molecule has 0 fully saturated rings. The largest absolute Gasteiger partial charge is 0.452 e. The van der Waals surface area contributed by atoms with Gasteiger partial charge in [-0.3, -0.25) is 19.3 Å². The van der Waals surface area contributed by atoms with Crippen LogP contribution in [0.4, 0.5) is 0 Å². The van der Waals surface area contributed by atoms with Gasteiger partial charge in [0.2, 0.25) is 0 Å². The quantitative estimate of drug-likeness (QED) is 0.361. The number of hydrogen-bond acceptors (Lipinski definition) is 5. The van der Waals surface area contributed by atoms with Crippen LogP contribution in [0.15, 0.2) is 48.5 Å². The van der Waals surface area contributed by atoms with Gasteiger partial charge in [0, 0.05) is 13.1 Å². The molecule has 31 heavy (non-hydrogen) atoms. The molecule has 1 N–H and O–H groups in total. The zero-order valence-electron chi connectivity index (χ0n) is 17.6. The Balaban J connectivity index is 1.47. The van der Waals surface area contributed by atoms with Gasteiger partial charge in [0.1, 0.15) is 0 Å². The maximum absolute atomic E-state index is 12.5. The standard InChI is InChI=1S/C24H26N2O5/c1-2-3-14-26-22(28)19-12-11-18(15-20(19)23(26)29)24(30)31-16-21(27)25-13-7-10-17-8-5-4-6-9-17/h4-6,8-9,11-12,15H,2-3,7,10,13-14,16H2,1H3,(H,25,27). The van der Waals surface area contributed by atoms with E-state index >= 15 is 0 Å². The summed E-state index contributed by atoms with van der Waals surface area (Å²) in [5.41, 5.74) is 1.81. The van der Waals surface area contributed by atoms with Crippen LogP contribution in [0.2, 0.25) is 0 Å². The number of benzene rings is 2. The molecule has 2 aromatic carbocycles. The lowest BCUT2D eigenvalue weighted by atomic mass is 10.1. The highest BCUT2D eigenvalue weighted by atomic mass is 16.5. The zero-order chi connectivity index (χ0) is 22.2. The maximum Gasteiger partial charge on any atom is 0.338 e. The number of nitrogens with one attached hydrogen (secondary N) is 1. The number of carbonyl (C=O) groups excluding carboxylic acids is 4. The van der Waals surface area contributed by atoms with Gasteiger partial charge in [0.15, 0.2) is 6.61 Å². The Labute approximate surface area is 181 Å². The predicted octanol–water partition coefficient (Wildman–Crippen LogP) is 2.99. The molecule has 0 radical (unpaired) electrons. The monoisotopic (exact) mass is 422 g/mol. The molecule has 1 aliphatic rings. The highest BCUT2D eigenvalue weighted by Gasteiger charge is 2.35. The SMILES string of the molecule is CCCCN1C(=O)c2ccc(C(=O)OCC(=O)NCCCc3ccccc3)cc2C1=O. The highest BCUT2D eigenvalue weighted by molar-refractivity contribution is 6.21. The normalized spacial score (nSPS) is 12.6. The summed E-state index contributed by atoms with van der Waals surface area (Å²) in [6.07, 6.45) is 3.21. The number of imide groups is 1. The number of aryl methyl sites for hydroxylation is 1. The first-order valence-electron chi connectivity index (χ1n) is 10.5. The van der Waals surface area contributed by atoms with E-state index in [-0.39, 0.29) is 28.5 Å². The van der Waals surface area contributed by atoms with E-state index < -0.39 is 18.5 Å². The van der Waals surface area contributed by atoms with Crippen LogP contribution in [0.5, 0.6) is 0 Å². The lowest BCUT2D eigenvalue weighted by molar-refractivity contribution is -0.124. The van der Waals surface area contributed by atoms with Crippen molar-refractivity contribution in [3.05, 3.63) is 70.8 Å². The number of ether oxygens (including phenoxy) is 1. The minimum Gasteiger partial charge on any atom is -0.452 e. The molecule has 1 aliphatic heterocycles. The van der Waals surface area contributed by atoms with Crippen molar-refractivity contribution >= 4 is 23.7 Å². The molecule has 3 amide bonds. The molecule has 0 atom stereocenters. The van der Waals surface area contributed by atoms with Crippen LogP contribution in [0.25, 0.3) is 0 Å². The van der Waals surface area contributed by atoms with Crippen LogP contribution in [-0.4, -0.2) is 48.3 Å². The molecule has 0 unspecified atom stereocenters. The first-order valence-corrected chi connectivity index (χ1v) is 10.5. The van der Waals surface area contributed by atoms with Crippen molar-refractivity contribution in [1.82, 2.24) is 10.2 Å². The molecule has 7 nitrogen and oxygen atoms in total. The van der Waals surface area contributed by atoms with Gasteiger partial charge in [-0.05, 0) is 43.0 Å². The molecule has 0 saturated heterocycles. The second-order valence-corrected chi connectivity index (χ2v) is 7.39. The van der Waals surface area contributed by atoms with E-state index in [4.69, 9.17) is 4.74 Å². The smallest absolute Gasteiger partial charge is 0.338 e. The minimum atomic E-state index is -0.713. The zero-order valence-corrected chi connectivity index (χ0v) is 17.6. The highest BCUT2D eigenvalue weighted by Crippen LogP contribution is 2.24. The van der Waals surface area contributed by atoms with Crippen LogP contribution in [0.1, 0.15) is 62.8 Å². The predicted molar refractivity (Wildman–Crippen MR) is 115 cm³/mol. The number of nitrogens with zero attached hydrogens (tertiary/aromatic N) is 1. The van der Waals surface area contributed by atoms with E-state index in [0.29, 0.717) is 13.1 Å². The van der Waals surface area contributed by atoms with Crippen molar-refractivity contribution < 1.29 is 23.9 Å². The third-order valence-electron chi connectivity index (χ3n) is 5.08. The molecule has 162 valence electrons. The lowest BCUT2D eigenvalue weighted by Gasteiger charge is -2.12. The third kappa shape index (κ3) is 5.57. The summed E-state index contributed by atoms with van der Waals surface area (Å²) >= 11 is 0. The first kappa shape index (κ1) is 22.2. The Morgan fingerprint density at radius 1 is 0.968 bits per heavy atom. The van der Waals surface area contributed by atoms with Gasteiger partial charge in [-0.2, -0.15) is 0 Å². The van der Waals surface area contributed by atoms with Crippen molar-refractivity contribution in [2.45, 2.75) is 32.6 Å². The lowest BCUT2D eigenvalue weighted by Crippen LogP contribution is -2.30. The summed E-state index contributed by atoms with van der Waals surface area (Å²) in [4.78, 5) is 50.3. The average molecular weight is 422 g/mol. The third-order valence-corrected chi connectivity index (χ3v) is 5.08. The van der Waals surface area contributed by atoms with Crippen LogP contribution in [0, 0.1) is 0 Å². The molecule has 3 rings (SSSR count).